The Morgan fingerprint density at radius 2 is 1.73 bits per heavy atom. The van der Waals surface area contributed by atoms with E-state index in [0.29, 0.717) is 13.1 Å². The summed E-state index contributed by atoms with van der Waals surface area (Å²) in [6, 6.07) is 3.03. The molecule has 0 spiro atoms. The van der Waals surface area contributed by atoms with Gasteiger partial charge in [-0.1, -0.05) is 25.7 Å². The van der Waals surface area contributed by atoms with E-state index in [9.17, 15) is 18.0 Å². The van der Waals surface area contributed by atoms with E-state index in [-0.39, 0.29) is 23.4 Å². The van der Waals surface area contributed by atoms with Crippen molar-refractivity contribution in [1.29, 1.82) is 0 Å². The molecule has 1 amide bonds. The number of carbonyl (C=O) groups excluding carboxylic acids is 1. The average molecular weight is 381 g/mol. The number of nitrogens with one attached hydrogen (secondary N) is 1. The number of hydrogen-bond donors (Lipinski definition) is 1. The lowest BCUT2D eigenvalue weighted by Crippen LogP contribution is -2.40. The third kappa shape index (κ3) is 4.35. The smallest absolute Gasteiger partial charge is 0.271 e. The first kappa shape index (κ1) is 19.1. The van der Waals surface area contributed by atoms with Gasteiger partial charge in [0, 0.05) is 25.3 Å². The first-order valence-corrected chi connectivity index (χ1v) is 10.9. The second kappa shape index (κ2) is 8.35. The summed E-state index contributed by atoms with van der Waals surface area (Å²) in [7, 11) is -3.83. The van der Waals surface area contributed by atoms with Crippen molar-refractivity contribution in [3.63, 3.8) is 0 Å². The first-order chi connectivity index (χ1) is 12.5. The van der Waals surface area contributed by atoms with Crippen LogP contribution in [0.4, 0.5) is 0 Å². The average Bonchev–Trinajstić information content (AvgIpc) is 2.94. The van der Waals surface area contributed by atoms with E-state index >= 15 is 0 Å². The van der Waals surface area contributed by atoms with Gasteiger partial charge in [-0.25, -0.2) is 8.42 Å². The maximum atomic E-state index is 12.9. The zero-order chi connectivity index (χ0) is 18.6. The van der Waals surface area contributed by atoms with Crippen LogP contribution in [-0.4, -0.2) is 42.3 Å². The lowest BCUT2D eigenvalue weighted by molar-refractivity contribution is -0.122. The number of nitrogens with zero attached hydrogens (tertiary/aromatic N) is 2. The van der Waals surface area contributed by atoms with Crippen molar-refractivity contribution in [3.8, 4) is 0 Å². The van der Waals surface area contributed by atoms with Crippen LogP contribution in [0.5, 0.6) is 0 Å². The Labute approximate surface area is 154 Å². The number of hydrogen-bond acceptors (Lipinski definition) is 4. The highest BCUT2D eigenvalue weighted by Gasteiger charge is 2.28. The standard InChI is InChI=1S/C18H27N3O4S/c22-17(19-15-8-3-4-9-15)14-20-11-7-10-16(18(20)23)26(24,25)21-12-5-1-2-6-13-21/h7,10-11,15H,1-6,8-9,12-14H2,(H,19,22). The molecule has 2 fully saturated rings. The summed E-state index contributed by atoms with van der Waals surface area (Å²) in [5.74, 6) is -0.247. The Morgan fingerprint density at radius 3 is 2.38 bits per heavy atom. The van der Waals surface area contributed by atoms with Gasteiger partial charge in [0.25, 0.3) is 5.56 Å². The van der Waals surface area contributed by atoms with Crippen molar-refractivity contribution in [3.05, 3.63) is 28.7 Å². The summed E-state index contributed by atoms with van der Waals surface area (Å²) in [6.07, 6.45) is 9.24. The molecule has 0 aromatic carbocycles. The van der Waals surface area contributed by atoms with Crippen LogP contribution in [0.15, 0.2) is 28.0 Å². The quantitative estimate of drug-likeness (QED) is 0.837. The van der Waals surface area contributed by atoms with Gasteiger partial charge in [-0.2, -0.15) is 4.31 Å². The summed E-state index contributed by atoms with van der Waals surface area (Å²) in [6.45, 7) is 0.733. The number of amides is 1. The fourth-order valence-corrected chi connectivity index (χ4v) is 5.36. The molecule has 3 rings (SSSR count). The van der Waals surface area contributed by atoms with Crippen molar-refractivity contribution in [2.75, 3.05) is 13.1 Å². The van der Waals surface area contributed by atoms with Gasteiger partial charge in [0.15, 0.2) is 0 Å². The third-order valence-corrected chi connectivity index (χ3v) is 7.11. The van der Waals surface area contributed by atoms with Crippen LogP contribution >= 0.6 is 0 Å². The molecule has 0 bridgehead atoms. The largest absolute Gasteiger partial charge is 0.352 e. The summed E-state index contributed by atoms with van der Waals surface area (Å²) in [5, 5.41) is 2.93. The van der Waals surface area contributed by atoms with Gasteiger partial charge in [0.05, 0.1) is 0 Å². The molecule has 2 aliphatic rings. The fourth-order valence-electron chi connectivity index (χ4n) is 3.75. The van der Waals surface area contributed by atoms with Gasteiger partial charge >= 0.3 is 0 Å². The van der Waals surface area contributed by atoms with E-state index in [1.54, 1.807) is 0 Å². The second-order valence-corrected chi connectivity index (χ2v) is 9.08. The summed E-state index contributed by atoms with van der Waals surface area (Å²) < 4.78 is 28.4. The fraction of sp³-hybridized carbons (Fsp3) is 0.667. The summed E-state index contributed by atoms with van der Waals surface area (Å²) in [5.41, 5.74) is -0.627. The van der Waals surface area contributed by atoms with Crippen LogP contribution in [0.2, 0.25) is 0 Å². The van der Waals surface area contributed by atoms with Crippen LogP contribution in [0.1, 0.15) is 51.4 Å². The van der Waals surface area contributed by atoms with Crippen molar-refractivity contribution in [2.24, 2.45) is 0 Å². The van der Waals surface area contributed by atoms with E-state index in [1.165, 1.54) is 27.2 Å². The molecule has 1 aliphatic carbocycles. The van der Waals surface area contributed by atoms with E-state index in [2.05, 4.69) is 5.32 Å². The van der Waals surface area contributed by atoms with E-state index in [1.807, 2.05) is 0 Å². The molecule has 1 aromatic rings. The minimum absolute atomic E-state index is 0.154. The van der Waals surface area contributed by atoms with Crippen molar-refractivity contribution in [2.45, 2.75) is 68.8 Å². The van der Waals surface area contributed by atoms with E-state index in [4.69, 9.17) is 0 Å². The zero-order valence-corrected chi connectivity index (χ0v) is 15.8. The third-order valence-electron chi connectivity index (χ3n) is 5.20. The molecule has 0 atom stereocenters. The highest BCUT2D eigenvalue weighted by atomic mass is 32.2. The Balaban J connectivity index is 1.77. The van der Waals surface area contributed by atoms with E-state index < -0.39 is 15.6 Å². The molecular weight excluding hydrogens is 354 g/mol. The number of rotatable bonds is 5. The highest BCUT2D eigenvalue weighted by Crippen LogP contribution is 2.19. The van der Waals surface area contributed by atoms with Crippen molar-refractivity contribution in [1.82, 2.24) is 14.2 Å². The number of carbonyl (C=O) groups is 1. The molecule has 1 saturated carbocycles. The number of pyridine rings is 1. The predicted octanol–water partition coefficient (Wildman–Crippen LogP) is 1.47. The van der Waals surface area contributed by atoms with Gasteiger partial charge in [0.2, 0.25) is 15.9 Å². The van der Waals surface area contributed by atoms with Crippen LogP contribution < -0.4 is 10.9 Å². The van der Waals surface area contributed by atoms with Gasteiger partial charge in [-0.3, -0.25) is 9.59 Å². The normalized spacial score (nSPS) is 20.0. The Morgan fingerprint density at radius 1 is 1.08 bits per heavy atom. The lowest BCUT2D eigenvalue weighted by Gasteiger charge is -2.20. The number of sulfonamides is 1. The molecular formula is C18H27N3O4S. The monoisotopic (exact) mass is 381 g/mol. The molecule has 1 N–H and O–H groups in total. The maximum Gasteiger partial charge on any atom is 0.271 e. The van der Waals surface area contributed by atoms with Crippen molar-refractivity contribution >= 4 is 15.9 Å². The van der Waals surface area contributed by atoms with Crippen LogP contribution in [0.3, 0.4) is 0 Å². The molecule has 2 heterocycles. The van der Waals surface area contributed by atoms with Gasteiger partial charge < -0.3 is 9.88 Å². The van der Waals surface area contributed by atoms with Crippen molar-refractivity contribution < 1.29 is 13.2 Å². The lowest BCUT2D eigenvalue weighted by atomic mass is 10.2. The molecule has 1 saturated heterocycles. The predicted molar refractivity (Wildman–Crippen MR) is 98.3 cm³/mol. The Kier molecular flexibility index (Phi) is 6.13. The molecule has 0 radical (unpaired) electrons. The second-order valence-electron chi connectivity index (χ2n) is 7.17. The minimum atomic E-state index is -3.83. The van der Waals surface area contributed by atoms with Crippen LogP contribution in [-0.2, 0) is 21.4 Å². The molecule has 8 heteroatoms. The topological polar surface area (TPSA) is 88.5 Å². The minimum Gasteiger partial charge on any atom is -0.352 e. The van der Waals surface area contributed by atoms with Crippen LogP contribution in [0, 0.1) is 0 Å². The first-order valence-electron chi connectivity index (χ1n) is 9.47. The summed E-state index contributed by atoms with van der Waals surface area (Å²) in [4.78, 5) is 24.7. The number of aromatic nitrogens is 1. The Hall–Kier alpha value is -1.67. The maximum absolute atomic E-state index is 12.9. The van der Waals surface area contributed by atoms with E-state index in [0.717, 1.165) is 51.4 Å². The highest BCUT2D eigenvalue weighted by molar-refractivity contribution is 7.89. The zero-order valence-electron chi connectivity index (χ0n) is 15.0. The molecule has 144 valence electrons. The molecule has 1 aliphatic heterocycles. The molecule has 26 heavy (non-hydrogen) atoms. The molecule has 7 nitrogen and oxygen atoms in total. The molecule has 0 unspecified atom stereocenters. The van der Waals surface area contributed by atoms with Gasteiger partial charge in [-0.15, -0.1) is 0 Å². The van der Waals surface area contributed by atoms with Gasteiger partial charge in [0.1, 0.15) is 11.4 Å². The SMILES string of the molecule is O=C(Cn1cccc(S(=O)(=O)N2CCCCCC2)c1=O)NC1CCCC1. The van der Waals surface area contributed by atoms with Crippen LogP contribution in [0.25, 0.3) is 0 Å². The molecule has 1 aromatic heterocycles. The van der Waals surface area contributed by atoms with Gasteiger partial charge in [-0.05, 0) is 37.8 Å². The summed E-state index contributed by atoms with van der Waals surface area (Å²) >= 11 is 0. The Bertz CT molecular complexity index is 789.